The summed E-state index contributed by atoms with van der Waals surface area (Å²) < 4.78 is 13.2. The van der Waals surface area contributed by atoms with Gasteiger partial charge in [-0.2, -0.15) is 0 Å². The van der Waals surface area contributed by atoms with Gasteiger partial charge < -0.3 is 10.1 Å². The topological polar surface area (TPSA) is 100 Å². The minimum Gasteiger partial charge on any atom is -0.368 e. The maximum absolute atomic E-state index is 6.03. The van der Waals surface area contributed by atoms with Gasteiger partial charge in [-0.3, -0.25) is 13.9 Å². The summed E-state index contributed by atoms with van der Waals surface area (Å²) >= 11 is 0.873. The van der Waals surface area contributed by atoms with Crippen molar-refractivity contribution in [3.8, 4) is 0 Å². The Kier molecular flexibility index (Phi) is 5.78. The third kappa shape index (κ3) is 4.60. The Balaban J connectivity index is 1.71. The van der Waals surface area contributed by atoms with Crippen LogP contribution in [-0.4, -0.2) is 38.8 Å². The molecule has 2 atom stereocenters. The first-order valence-electron chi connectivity index (χ1n) is 8.53. The number of rotatable bonds is 7. The van der Waals surface area contributed by atoms with Crippen molar-refractivity contribution < 1.29 is 8.92 Å². The van der Waals surface area contributed by atoms with Crippen LogP contribution in [0.25, 0.3) is 11.2 Å². The lowest BCUT2D eigenvalue weighted by molar-refractivity contribution is -0.0128. The number of nitrogens with two attached hydrogens (primary N) is 1. The van der Waals surface area contributed by atoms with Gasteiger partial charge in [0.1, 0.15) is 12.6 Å². The quantitative estimate of drug-likeness (QED) is 0.570. The zero-order valence-corrected chi connectivity index (χ0v) is 15.8. The van der Waals surface area contributed by atoms with Crippen LogP contribution in [0.2, 0.25) is 0 Å². The number of fused-ring (bicyclic) bond motifs is 1. The summed E-state index contributed by atoms with van der Waals surface area (Å²) in [4.78, 5) is 13.3. The highest BCUT2D eigenvalue weighted by atomic mass is 32.2. The molecular formula is C16H26N6O2S. The van der Waals surface area contributed by atoms with Gasteiger partial charge in [0.15, 0.2) is 17.0 Å². The zero-order valence-electron chi connectivity index (χ0n) is 14.9. The number of hydrogen-bond donors (Lipinski definition) is 2. The molecular weight excluding hydrogens is 340 g/mol. The average Bonchev–Trinajstić information content (AvgIpc) is 3.18. The lowest BCUT2D eigenvalue weighted by Gasteiger charge is -2.18. The Morgan fingerprint density at radius 3 is 2.96 bits per heavy atom. The normalized spacial score (nSPS) is 21.1. The van der Waals surface area contributed by atoms with Gasteiger partial charge in [-0.15, -0.1) is 0 Å². The Bertz CT molecular complexity index is 701. The molecule has 0 saturated carbocycles. The third-order valence-electron chi connectivity index (χ3n) is 4.24. The summed E-state index contributed by atoms with van der Waals surface area (Å²) in [5.74, 6) is 0.769. The van der Waals surface area contributed by atoms with Crippen molar-refractivity contribution in [2.45, 2.75) is 52.4 Å². The lowest BCUT2D eigenvalue weighted by Crippen LogP contribution is -2.16. The molecule has 2 unspecified atom stereocenters. The molecule has 1 saturated heterocycles. The molecule has 9 heteroatoms. The van der Waals surface area contributed by atoms with E-state index in [2.05, 4.69) is 41.0 Å². The van der Waals surface area contributed by atoms with Gasteiger partial charge in [0, 0.05) is 6.54 Å². The molecule has 8 nitrogen and oxygen atoms in total. The molecule has 1 aliphatic rings. The van der Waals surface area contributed by atoms with Crippen molar-refractivity contribution in [2.24, 2.45) is 10.6 Å². The minimum absolute atomic E-state index is 0.0460. The maximum atomic E-state index is 6.03. The van der Waals surface area contributed by atoms with Crippen molar-refractivity contribution in [2.75, 3.05) is 18.5 Å². The summed E-state index contributed by atoms with van der Waals surface area (Å²) in [5, 5.41) is 8.67. The number of imidazole rings is 1. The Labute approximate surface area is 152 Å². The van der Waals surface area contributed by atoms with Crippen molar-refractivity contribution in [1.82, 2.24) is 19.5 Å². The van der Waals surface area contributed by atoms with Gasteiger partial charge in [-0.25, -0.2) is 15.0 Å². The van der Waals surface area contributed by atoms with Gasteiger partial charge >= 0.3 is 0 Å². The maximum Gasteiger partial charge on any atom is 0.167 e. The van der Waals surface area contributed by atoms with E-state index in [-0.39, 0.29) is 17.7 Å². The standard InChI is InChI=1S/C16H26N6O2S/c1-16(2,3)6-7-18-14-13-15(20-9-19-14)22(10-21-13)12-5-4-11(24-12)8-23-25-17/h9-12H,4-8,17H2,1-3H3,(H,18,19,20). The smallest absolute Gasteiger partial charge is 0.167 e. The monoisotopic (exact) mass is 366 g/mol. The van der Waals surface area contributed by atoms with E-state index < -0.39 is 0 Å². The molecule has 3 heterocycles. The van der Waals surface area contributed by atoms with E-state index in [1.54, 1.807) is 12.7 Å². The summed E-state index contributed by atoms with van der Waals surface area (Å²) in [6, 6.07) is 0. The van der Waals surface area contributed by atoms with Gasteiger partial charge in [0.25, 0.3) is 0 Å². The first kappa shape index (κ1) is 18.4. The lowest BCUT2D eigenvalue weighted by atomic mass is 9.92. The van der Waals surface area contributed by atoms with Crippen molar-refractivity contribution in [3.05, 3.63) is 12.7 Å². The van der Waals surface area contributed by atoms with E-state index >= 15 is 0 Å². The van der Waals surface area contributed by atoms with E-state index in [1.165, 1.54) is 0 Å². The number of hydrogen-bond acceptors (Lipinski definition) is 8. The van der Waals surface area contributed by atoms with Gasteiger partial charge in [0.05, 0.1) is 31.3 Å². The second-order valence-electron chi connectivity index (χ2n) is 7.45. The van der Waals surface area contributed by atoms with Crippen LogP contribution in [-0.2, 0) is 8.92 Å². The number of ether oxygens (including phenoxy) is 1. The molecule has 138 valence electrons. The minimum atomic E-state index is -0.0845. The highest BCUT2D eigenvalue weighted by Gasteiger charge is 2.28. The molecule has 0 aliphatic carbocycles. The molecule has 2 aromatic rings. The van der Waals surface area contributed by atoms with Crippen molar-refractivity contribution in [1.29, 1.82) is 0 Å². The average molecular weight is 366 g/mol. The number of nitrogens with one attached hydrogen (secondary N) is 1. The Morgan fingerprint density at radius 1 is 1.36 bits per heavy atom. The first-order chi connectivity index (χ1) is 12.0. The second-order valence-corrected chi connectivity index (χ2v) is 7.88. The van der Waals surface area contributed by atoms with Crippen LogP contribution in [0.3, 0.4) is 0 Å². The molecule has 2 aromatic heterocycles. The van der Waals surface area contributed by atoms with E-state index in [0.29, 0.717) is 6.61 Å². The molecule has 3 rings (SSSR count). The molecule has 1 aliphatic heterocycles. The number of nitrogens with zero attached hydrogens (tertiary/aromatic N) is 4. The molecule has 25 heavy (non-hydrogen) atoms. The predicted octanol–water partition coefficient (Wildman–Crippen LogP) is 2.89. The van der Waals surface area contributed by atoms with Crippen LogP contribution in [0.5, 0.6) is 0 Å². The first-order valence-corrected chi connectivity index (χ1v) is 9.33. The summed E-state index contributed by atoms with van der Waals surface area (Å²) in [7, 11) is 0. The van der Waals surface area contributed by atoms with E-state index in [9.17, 15) is 0 Å². The Hall–Kier alpha value is -1.42. The third-order valence-corrected chi connectivity index (χ3v) is 4.52. The molecule has 3 N–H and O–H groups in total. The fourth-order valence-electron chi connectivity index (χ4n) is 2.88. The van der Waals surface area contributed by atoms with Gasteiger partial charge in [-0.1, -0.05) is 20.8 Å². The van der Waals surface area contributed by atoms with E-state index in [0.717, 1.165) is 55.0 Å². The SMILES string of the molecule is CC(C)(C)CCNc1ncnc2c1ncn2C1CCC(COSN)O1. The van der Waals surface area contributed by atoms with Crippen LogP contribution < -0.4 is 10.5 Å². The molecule has 0 radical (unpaired) electrons. The van der Waals surface area contributed by atoms with E-state index in [1.807, 2.05) is 4.57 Å². The summed E-state index contributed by atoms with van der Waals surface area (Å²) in [5.41, 5.74) is 1.83. The number of aromatic nitrogens is 4. The summed E-state index contributed by atoms with van der Waals surface area (Å²) in [6.45, 7) is 8.00. The van der Waals surface area contributed by atoms with Crippen LogP contribution in [0, 0.1) is 5.41 Å². The predicted molar refractivity (Wildman–Crippen MR) is 98.8 cm³/mol. The van der Waals surface area contributed by atoms with Gasteiger partial charge in [0.2, 0.25) is 0 Å². The Morgan fingerprint density at radius 2 is 2.20 bits per heavy atom. The molecule has 1 fully saturated rings. The van der Waals surface area contributed by atoms with Crippen molar-refractivity contribution >= 4 is 29.2 Å². The highest BCUT2D eigenvalue weighted by Crippen LogP contribution is 2.31. The fourth-order valence-corrected chi connectivity index (χ4v) is 3.11. The molecule has 0 spiro atoms. The van der Waals surface area contributed by atoms with Crippen LogP contribution >= 0.6 is 12.2 Å². The largest absolute Gasteiger partial charge is 0.368 e. The highest BCUT2D eigenvalue weighted by molar-refractivity contribution is 7.92. The van der Waals surface area contributed by atoms with Crippen molar-refractivity contribution in [3.63, 3.8) is 0 Å². The molecule has 0 bridgehead atoms. The van der Waals surface area contributed by atoms with Crippen LogP contribution in [0.15, 0.2) is 12.7 Å². The summed E-state index contributed by atoms with van der Waals surface area (Å²) in [6.07, 6.45) is 6.17. The second kappa shape index (κ2) is 7.86. The van der Waals surface area contributed by atoms with Crippen LogP contribution in [0.1, 0.15) is 46.3 Å². The molecule has 0 amide bonds. The zero-order chi connectivity index (χ0) is 17.9. The van der Waals surface area contributed by atoms with E-state index in [4.69, 9.17) is 14.1 Å². The number of anilines is 1. The van der Waals surface area contributed by atoms with Gasteiger partial charge in [-0.05, 0) is 24.7 Å². The molecule has 0 aromatic carbocycles. The fraction of sp³-hybridized carbons (Fsp3) is 0.688. The van der Waals surface area contributed by atoms with Crippen LogP contribution in [0.4, 0.5) is 5.82 Å².